The van der Waals surface area contributed by atoms with E-state index in [2.05, 4.69) is 0 Å². The summed E-state index contributed by atoms with van der Waals surface area (Å²) in [5, 5.41) is 8.59. The van der Waals surface area contributed by atoms with Gasteiger partial charge in [0.1, 0.15) is 0 Å². The number of hydrogen-bond donors (Lipinski definition) is 0. The molecule has 0 saturated heterocycles. The average Bonchev–Trinajstić information content (AvgIpc) is 1.36. The molecule has 0 fully saturated rings. The van der Waals surface area contributed by atoms with Gasteiger partial charge in [-0.2, -0.15) is 0 Å². The molecule has 4 heteroatoms. The summed E-state index contributed by atoms with van der Waals surface area (Å²) >= 11 is 4.95. The van der Waals surface area contributed by atoms with E-state index in [1.54, 1.807) is 0 Å². The number of carbonyl (C=O) groups is 1. The predicted molar refractivity (Wildman–Crippen MR) is 20.3 cm³/mol. The summed E-state index contributed by atoms with van der Waals surface area (Å²) < 4.78 is 0. The van der Waals surface area contributed by atoms with Crippen LogP contribution in [0.15, 0.2) is 0 Å². The summed E-state index contributed by atoms with van der Waals surface area (Å²) in [7, 11) is 0. The van der Waals surface area contributed by atoms with E-state index < -0.39 is 11.3 Å². The molecule has 0 aliphatic rings. The molecule has 0 aromatic carbocycles. The minimum Gasteiger partial charge on any atom is -0.549 e. The van der Waals surface area contributed by atoms with Crippen molar-refractivity contribution in [2.24, 2.45) is 0 Å². The van der Waals surface area contributed by atoms with Crippen LogP contribution in [0.5, 0.6) is 0 Å². The van der Waals surface area contributed by atoms with Crippen molar-refractivity contribution in [3.63, 3.8) is 0 Å². The Labute approximate surface area is 89.7 Å². The molecule has 0 N–H and O–H groups in total. The Hall–Kier alpha value is 1.40. The van der Waals surface area contributed by atoms with Crippen molar-refractivity contribution in [3.8, 4) is 0 Å². The second-order valence-corrected chi connectivity index (χ2v) is 1.59. The van der Waals surface area contributed by atoms with Gasteiger partial charge in [-0.3, -0.25) is 0 Å². The molecular formula is C3H4ClKO2. The van der Waals surface area contributed by atoms with E-state index in [9.17, 15) is 9.90 Å². The zero-order valence-corrected chi connectivity index (χ0v) is 8.15. The van der Waals surface area contributed by atoms with Gasteiger partial charge >= 0.3 is 51.4 Å². The van der Waals surface area contributed by atoms with Gasteiger partial charge in [0.05, 0.1) is 11.3 Å². The first-order chi connectivity index (χ1) is 2.64. The molecule has 0 bridgehead atoms. The van der Waals surface area contributed by atoms with E-state index in [1.165, 1.54) is 6.92 Å². The minimum atomic E-state index is -1.23. The van der Waals surface area contributed by atoms with E-state index in [-0.39, 0.29) is 51.4 Å². The molecule has 1 atom stereocenters. The Bertz CT molecular complexity index is 64.0. The maximum Gasteiger partial charge on any atom is 1.00 e. The molecule has 0 aromatic heterocycles. The number of rotatable bonds is 1. The monoisotopic (exact) mass is 146 g/mol. The Morgan fingerprint density at radius 2 is 2.00 bits per heavy atom. The van der Waals surface area contributed by atoms with Gasteiger partial charge < -0.3 is 9.90 Å². The Balaban J connectivity index is 0. The van der Waals surface area contributed by atoms with Crippen LogP contribution in [0, 0.1) is 0 Å². The Morgan fingerprint density at radius 3 is 2.00 bits per heavy atom. The smallest absolute Gasteiger partial charge is 0.549 e. The zero-order valence-electron chi connectivity index (χ0n) is 4.27. The summed E-state index contributed by atoms with van der Waals surface area (Å²) in [6, 6.07) is 0. The van der Waals surface area contributed by atoms with Gasteiger partial charge in [-0.25, -0.2) is 0 Å². The van der Waals surface area contributed by atoms with E-state index >= 15 is 0 Å². The molecule has 2 nitrogen and oxygen atoms in total. The third kappa shape index (κ3) is 7.40. The van der Waals surface area contributed by atoms with Crippen molar-refractivity contribution in [1.29, 1.82) is 0 Å². The molecule has 0 amide bonds. The third-order valence-electron chi connectivity index (χ3n) is 0.325. The fraction of sp³-hybridized carbons (Fsp3) is 0.667. The fourth-order valence-corrected chi connectivity index (χ4v) is 0. The topological polar surface area (TPSA) is 40.1 Å². The third-order valence-corrected chi connectivity index (χ3v) is 0.503. The number of alkyl halides is 1. The van der Waals surface area contributed by atoms with E-state index in [0.29, 0.717) is 0 Å². The number of carbonyl (C=O) groups excluding carboxylic acids is 1. The first kappa shape index (κ1) is 11.2. The van der Waals surface area contributed by atoms with Gasteiger partial charge in [-0.1, -0.05) is 0 Å². The molecule has 0 unspecified atom stereocenters. The van der Waals surface area contributed by atoms with Crippen LogP contribution < -0.4 is 56.5 Å². The van der Waals surface area contributed by atoms with Crippen molar-refractivity contribution in [2.75, 3.05) is 0 Å². The molecule has 36 valence electrons. The first-order valence-corrected chi connectivity index (χ1v) is 1.93. The van der Waals surface area contributed by atoms with Crippen LogP contribution in [-0.4, -0.2) is 11.3 Å². The molecule has 0 spiro atoms. The van der Waals surface area contributed by atoms with Crippen molar-refractivity contribution in [2.45, 2.75) is 12.3 Å². The first-order valence-electron chi connectivity index (χ1n) is 1.49. The molecule has 0 heterocycles. The SMILES string of the molecule is C[C@H](Cl)C(=O)[O-].[K+]. The molecule has 0 rings (SSSR count). The maximum atomic E-state index is 9.46. The van der Waals surface area contributed by atoms with Gasteiger partial charge in [0, 0.05) is 0 Å². The summed E-state index contributed by atoms with van der Waals surface area (Å²) in [5.74, 6) is -1.23. The zero-order chi connectivity index (χ0) is 5.15. The molecular weight excluding hydrogens is 143 g/mol. The number of aliphatic carboxylic acids is 1. The van der Waals surface area contributed by atoms with E-state index in [0.717, 1.165) is 0 Å². The molecule has 0 saturated carbocycles. The van der Waals surface area contributed by atoms with Gasteiger partial charge in [0.25, 0.3) is 0 Å². The minimum absolute atomic E-state index is 0. The molecule has 7 heavy (non-hydrogen) atoms. The summed E-state index contributed by atoms with van der Waals surface area (Å²) in [4.78, 5) is 9.46. The summed E-state index contributed by atoms with van der Waals surface area (Å²) in [5.41, 5.74) is 0. The van der Waals surface area contributed by atoms with Gasteiger partial charge in [0.2, 0.25) is 0 Å². The molecule has 0 aliphatic carbocycles. The van der Waals surface area contributed by atoms with Crippen molar-refractivity contribution < 1.29 is 61.3 Å². The van der Waals surface area contributed by atoms with Crippen molar-refractivity contribution in [1.82, 2.24) is 0 Å². The number of carboxylic acids is 1. The summed E-state index contributed by atoms with van der Waals surface area (Å²) in [6.07, 6.45) is 0. The second kappa shape index (κ2) is 5.53. The van der Waals surface area contributed by atoms with Gasteiger partial charge in [0.15, 0.2) is 0 Å². The number of hydrogen-bond acceptors (Lipinski definition) is 2. The molecule has 0 aromatic rings. The predicted octanol–water partition coefficient (Wildman–Crippen LogP) is -3.63. The standard InChI is InChI=1S/C3H5ClO2.K/c1-2(4)3(5)6;/h2H,1H3,(H,5,6);/q;+1/p-1/t2-;/m0./s1. The molecule has 0 aliphatic heterocycles. The second-order valence-electron chi connectivity index (χ2n) is 0.935. The van der Waals surface area contributed by atoms with Crippen LogP contribution in [0.2, 0.25) is 0 Å². The van der Waals surface area contributed by atoms with Crippen LogP contribution in [0.25, 0.3) is 0 Å². The van der Waals surface area contributed by atoms with Crippen LogP contribution in [0.1, 0.15) is 6.92 Å². The van der Waals surface area contributed by atoms with Crippen LogP contribution in [0.3, 0.4) is 0 Å². The van der Waals surface area contributed by atoms with Gasteiger partial charge in [-0.15, -0.1) is 11.6 Å². The van der Waals surface area contributed by atoms with Crippen molar-refractivity contribution >= 4 is 17.6 Å². The number of halogens is 1. The van der Waals surface area contributed by atoms with Crippen molar-refractivity contribution in [3.05, 3.63) is 0 Å². The average molecular weight is 147 g/mol. The van der Waals surface area contributed by atoms with Crippen LogP contribution >= 0.6 is 11.6 Å². The Kier molecular flexibility index (Phi) is 8.87. The van der Waals surface area contributed by atoms with E-state index in [1.807, 2.05) is 0 Å². The quantitative estimate of drug-likeness (QED) is 0.283. The number of carboxylic acid groups (broad SMARTS) is 1. The Morgan fingerprint density at radius 1 is 1.86 bits per heavy atom. The van der Waals surface area contributed by atoms with Crippen LogP contribution in [0.4, 0.5) is 0 Å². The summed E-state index contributed by atoms with van der Waals surface area (Å²) in [6.45, 7) is 1.34. The van der Waals surface area contributed by atoms with Crippen LogP contribution in [-0.2, 0) is 4.79 Å². The molecule has 0 radical (unpaired) electrons. The fourth-order valence-electron chi connectivity index (χ4n) is 0. The largest absolute Gasteiger partial charge is 1.00 e. The van der Waals surface area contributed by atoms with E-state index in [4.69, 9.17) is 11.6 Å². The maximum absolute atomic E-state index is 9.46. The normalized spacial score (nSPS) is 11.7. The van der Waals surface area contributed by atoms with Gasteiger partial charge in [-0.05, 0) is 6.92 Å².